The van der Waals surface area contributed by atoms with E-state index in [1.807, 2.05) is 27.9 Å². The number of rotatable bonds is 5. The van der Waals surface area contributed by atoms with E-state index >= 15 is 0 Å². The number of esters is 1. The zero-order chi connectivity index (χ0) is 10.4. The molecule has 4 heteroatoms. The Labute approximate surface area is 78.9 Å². The molecule has 76 valence electrons. The molecule has 4 nitrogen and oxygen atoms in total. The number of nitrogens with zero attached hydrogens (tertiary/aromatic N) is 1. The molecule has 0 bridgehead atoms. The van der Waals surface area contributed by atoms with Gasteiger partial charge in [0.05, 0.1) is 0 Å². The van der Waals surface area contributed by atoms with Crippen LogP contribution in [0.25, 0.3) is 0 Å². The molecule has 1 atom stereocenters. The maximum atomic E-state index is 11.4. The fraction of sp³-hybridized carbons (Fsp3) is 0.778. The lowest BCUT2D eigenvalue weighted by Gasteiger charge is -2.25. The van der Waals surface area contributed by atoms with Gasteiger partial charge in [-0.1, -0.05) is 13.8 Å². The molecule has 0 aromatic rings. The second kappa shape index (κ2) is 5.70. The van der Waals surface area contributed by atoms with Crippen LogP contribution in [0.1, 0.15) is 13.8 Å². The van der Waals surface area contributed by atoms with Crippen molar-refractivity contribution < 1.29 is 14.3 Å². The van der Waals surface area contributed by atoms with E-state index < -0.39 is 0 Å². The van der Waals surface area contributed by atoms with E-state index in [9.17, 15) is 9.59 Å². The van der Waals surface area contributed by atoms with E-state index in [0.29, 0.717) is 6.29 Å². The van der Waals surface area contributed by atoms with Crippen LogP contribution in [0.3, 0.4) is 0 Å². The van der Waals surface area contributed by atoms with Gasteiger partial charge in [0.2, 0.25) is 0 Å². The lowest BCUT2D eigenvalue weighted by atomic mass is 10.0. The van der Waals surface area contributed by atoms with Gasteiger partial charge in [-0.3, -0.25) is 14.5 Å². The first kappa shape index (κ1) is 12.1. The molecule has 0 spiro atoms. The Morgan fingerprint density at radius 3 is 2.31 bits per heavy atom. The Hall–Kier alpha value is -0.900. The van der Waals surface area contributed by atoms with Crippen LogP contribution in [0.4, 0.5) is 0 Å². The summed E-state index contributed by atoms with van der Waals surface area (Å²) in [4.78, 5) is 23.1. The minimum atomic E-state index is -0.341. The van der Waals surface area contributed by atoms with E-state index in [-0.39, 0.29) is 24.5 Å². The predicted molar refractivity (Wildman–Crippen MR) is 49.3 cm³/mol. The monoisotopic (exact) mass is 187 g/mol. The van der Waals surface area contributed by atoms with E-state index in [1.54, 1.807) is 4.90 Å². The molecule has 0 fully saturated rings. The van der Waals surface area contributed by atoms with Gasteiger partial charge in [-0.15, -0.1) is 0 Å². The number of hydrogen-bond donors (Lipinski definition) is 0. The number of carbonyl (C=O) groups excluding carboxylic acids is 2. The van der Waals surface area contributed by atoms with Gasteiger partial charge in [-0.2, -0.15) is 0 Å². The van der Waals surface area contributed by atoms with E-state index in [1.165, 1.54) is 0 Å². The molecule has 0 radical (unpaired) electrons. The highest BCUT2D eigenvalue weighted by Gasteiger charge is 2.25. The average molecular weight is 187 g/mol. The van der Waals surface area contributed by atoms with Crippen LogP contribution in [0.2, 0.25) is 0 Å². The van der Waals surface area contributed by atoms with E-state index in [2.05, 4.69) is 0 Å². The molecule has 13 heavy (non-hydrogen) atoms. The Morgan fingerprint density at radius 1 is 1.46 bits per heavy atom. The molecule has 0 heterocycles. The van der Waals surface area contributed by atoms with Crippen LogP contribution in [0.5, 0.6) is 0 Å². The Balaban J connectivity index is 4.20. The molecule has 0 saturated heterocycles. The van der Waals surface area contributed by atoms with Crippen molar-refractivity contribution in [3.63, 3.8) is 0 Å². The third kappa shape index (κ3) is 4.03. The summed E-state index contributed by atoms with van der Waals surface area (Å²) in [6.45, 7) is 3.72. The average Bonchev–Trinajstić information content (AvgIpc) is 1.99. The minimum Gasteiger partial charge on any atom is -0.457 e. The first-order valence-electron chi connectivity index (χ1n) is 4.27. The highest BCUT2D eigenvalue weighted by Crippen LogP contribution is 2.08. The number of ether oxygens (including phenoxy) is 1. The molecule has 0 unspecified atom stereocenters. The second-order valence-corrected chi connectivity index (χ2v) is 3.45. The lowest BCUT2D eigenvalue weighted by Crippen LogP contribution is -2.41. The fourth-order valence-corrected chi connectivity index (χ4v) is 1.28. The summed E-state index contributed by atoms with van der Waals surface area (Å²) >= 11 is 0. The molecule has 0 aliphatic carbocycles. The van der Waals surface area contributed by atoms with Gasteiger partial charge in [0.15, 0.2) is 6.29 Å². The Bertz CT molecular complexity index is 170. The predicted octanol–water partition coefficient (Wildman–Crippen LogP) is 0.315. The molecule has 0 aromatic heterocycles. The quantitative estimate of drug-likeness (QED) is 0.459. The summed E-state index contributed by atoms with van der Waals surface area (Å²) in [5, 5.41) is 0. The van der Waals surface area contributed by atoms with Gasteiger partial charge in [0, 0.05) is 0 Å². The molecule has 0 aliphatic heterocycles. The van der Waals surface area contributed by atoms with Crippen molar-refractivity contribution in [1.82, 2.24) is 4.90 Å². The summed E-state index contributed by atoms with van der Waals surface area (Å²) in [6.07, 6.45) is 0.574. The van der Waals surface area contributed by atoms with Crippen LogP contribution in [-0.4, -0.2) is 43.9 Å². The van der Waals surface area contributed by atoms with Crippen molar-refractivity contribution in [2.75, 3.05) is 20.7 Å². The first-order valence-corrected chi connectivity index (χ1v) is 4.27. The zero-order valence-corrected chi connectivity index (χ0v) is 8.61. The van der Waals surface area contributed by atoms with Gasteiger partial charge in [0.25, 0.3) is 0 Å². The third-order valence-electron chi connectivity index (χ3n) is 1.72. The molecule has 0 amide bonds. The third-order valence-corrected chi connectivity index (χ3v) is 1.72. The smallest absolute Gasteiger partial charge is 0.324 e. The van der Waals surface area contributed by atoms with Crippen molar-refractivity contribution in [3.8, 4) is 0 Å². The summed E-state index contributed by atoms with van der Waals surface area (Å²) in [5.41, 5.74) is 0. The molecular weight excluding hydrogens is 170 g/mol. The number of carbonyl (C=O) groups is 2. The normalized spacial score (nSPS) is 13.1. The minimum absolute atomic E-state index is 0.157. The number of hydrogen-bond acceptors (Lipinski definition) is 4. The first-order chi connectivity index (χ1) is 6.00. The topological polar surface area (TPSA) is 46.6 Å². The van der Waals surface area contributed by atoms with Crippen molar-refractivity contribution in [2.24, 2.45) is 5.92 Å². The maximum Gasteiger partial charge on any atom is 0.324 e. The van der Waals surface area contributed by atoms with Crippen LogP contribution in [0, 0.1) is 5.92 Å². The molecule has 0 N–H and O–H groups in total. The molecular formula is C9H17NO3. The highest BCUT2D eigenvalue weighted by molar-refractivity contribution is 5.77. The molecule has 0 aromatic carbocycles. The lowest BCUT2D eigenvalue weighted by molar-refractivity contribution is -0.152. The number of aldehydes is 1. The van der Waals surface area contributed by atoms with Gasteiger partial charge in [0.1, 0.15) is 12.6 Å². The SMILES string of the molecule is CC(C)[C@@H](C(=O)OCC=O)N(C)C. The van der Waals surface area contributed by atoms with Gasteiger partial charge >= 0.3 is 5.97 Å². The largest absolute Gasteiger partial charge is 0.457 e. The van der Waals surface area contributed by atoms with Crippen molar-refractivity contribution in [3.05, 3.63) is 0 Å². The second-order valence-electron chi connectivity index (χ2n) is 3.45. The molecule has 0 aliphatic rings. The highest BCUT2D eigenvalue weighted by atomic mass is 16.5. The zero-order valence-electron chi connectivity index (χ0n) is 8.61. The van der Waals surface area contributed by atoms with Crippen molar-refractivity contribution >= 4 is 12.3 Å². The number of likely N-dealkylation sites (N-methyl/N-ethyl adjacent to an activating group) is 1. The molecule has 0 saturated carbocycles. The van der Waals surface area contributed by atoms with Gasteiger partial charge < -0.3 is 4.74 Å². The standard InChI is InChI=1S/C9H17NO3/c1-7(2)8(10(3)4)9(12)13-6-5-11/h5,7-8H,6H2,1-4H3/t8-/m0/s1. The summed E-state index contributed by atoms with van der Waals surface area (Å²) < 4.78 is 4.73. The summed E-state index contributed by atoms with van der Waals surface area (Å²) in [7, 11) is 3.62. The van der Waals surface area contributed by atoms with Crippen LogP contribution in [-0.2, 0) is 14.3 Å². The molecule has 0 rings (SSSR count). The van der Waals surface area contributed by atoms with E-state index in [4.69, 9.17) is 4.74 Å². The van der Waals surface area contributed by atoms with Crippen molar-refractivity contribution in [1.29, 1.82) is 0 Å². The Kier molecular flexibility index (Phi) is 5.30. The Morgan fingerprint density at radius 2 is 2.00 bits per heavy atom. The summed E-state index contributed by atoms with van der Waals surface area (Å²) in [5.74, 6) is -0.166. The van der Waals surface area contributed by atoms with Gasteiger partial charge in [-0.25, -0.2) is 0 Å². The summed E-state index contributed by atoms with van der Waals surface area (Å²) in [6, 6.07) is -0.278. The fourth-order valence-electron chi connectivity index (χ4n) is 1.28. The van der Waals surface area contributed by atoms with Crippen molar-refractivity contribution in [2.45, 2.75) is 19.9 Å². The van der Waals surface area contributed by atoms with Crippen LogP contribution < -0.4 is 0 Å². The van der Waals surface area contributed by atoms with Crippen LogP contribution >= 0.6 is 0 Å². The maximum absolute atomic E-state index is 11.4. The van der Waals surface area contributed by atoms with Gasteiger partial charge in [-0.05, 0) is 20.0 Å². The van der Waals surface area contributed by atoms with E-state index in [0.717, 1.165) is 0 Å². The van der Waals surface area contributed by atoms with Crippen LogP contribution in [0.15, 0.2) is 0 Å².